The molecular formula is C30H31ClN2O6. The number of aryl methyl sites for hydroxylation is 2. The summed E-state index contributed by atoms with van der Waals surface area (Å²) >= 11 is 6.04. The Kier molecular flexibility index (Phi) is 10.1. The molecule has 3 aromatic carbocycles. The van der Waals surface area contributed by atoms with Crippen LogP contribution < -0.4 is 9.47 Å². The van der Waals surface area contributed by atoms with Crippen molar-refractivity contribution in [1.82, 2.24) is 9.88 Å². The Bertz CT molecular complexity index is 1400. The van der Waals surface area contributed by atoms with Crippen molar-refractivity contribution in [3.05, 3.63) is 100 Å². The molecule has 0 aliphatic carbocycles. The number of carboxylic acids is 1. The fourth-order valence-electron chi connectivity index (χ4n) is 3.86. The molecule has 0 unspecified atom stereocenters. The van der Waals surface area contributed by atoms with Crippen molar-refractivity contribution in [2.45, 2.75) is 34.2 Å². The first-order valence-corrected chi connectivity index (χ1v) is 12.3. The van der Waals surface area contributed by atoms with Gasteiger partial charge in [-0.05, 0) is 67.4 Å². The van der Waals surface area contributed by atoms with Gasteiger partial charge in [0.2, 0.25) is 5.89 Å². The molecule has 1 N–H and O–H groups in total. The number of oxazole rings is 1. The molecule has 0 aliphatic rings. The molecule has 0 fully saturated rings. The van der Waals surface area contributed by atoms with Gasteiger partial charge < -0.3 is 19.0 Å². The molecule has 0 atom stereocenters. The predicted molar refractivity (Wildman–Crippen MR) is 149 cm³/mol. The van der Waals surface area contributed by atoms with E-state index in [0.717, 1.165) is 27.5 Å². The van der Waals surface area contributed by atoms with Crippen molar-refractivity contribution in [2.75, 3.05) is 13.2 Å². The van der Waals surface area contributed by atoms with Crippen molar-refractivity contribution < 1.29 is 28.6 Å². The number of carbonyl (C=O) groups is 2. The second-order valence-electron chi connectivity index (χ2n) is 8.72. The van der Waals surface area contributed by atoms with Crippen LogP contribution in [0.15, 0.2) is 77.2 Å². The van der Waals surface area contributed by atoms with Gasteiger partial charge in [0.25, 0.3) is 0 Å². The highest BCUT2D eigenvalue weighted by Gasteiger charge is 2.20. The third-order valence-electron chi connectivity index (χ3n) is 5.60. The Morgan fingerprint density at radius 2 is 1.77 bits per heavy atom. The number of hydrogen-bond donors (Lipinski definition) is 1. The summed E-state index contributed by atoms with van der Waals surface area (Å²) in [6, 6.07) is 21.7. The lowest BCUT2D eigenvalue weighted by Gasteiger charge is -2.20. The quantitative estimate of drug-likeness (QED) is 0.228. The normalized spacial score (nSPS) is 10.4. The molecule has 1 amide bonds. The molecule has 0 saturated heterocycles. The van der Waals surface area contributed by atoms with E-state index in [1.54, 1.807) is 36.4 Å². The molecule has 1 heterocycles. The van der Waals surface area contributed by atoms with Gasteiger partial charge in [-0.2, -0.15) is 0 Å². The SMILES string of the molecule is C.Cc1cc(Cl)cc(OC(=O)N(CC(=O)O)Cc2cccc(OCCc3nc(-c4ccccc4)oc3C)c2)c1. The van der Waals surface area contributed by atoms with Crippen LogP contribution in [0, 0.1) is 13.8 Å². The second-order valence-corrected chi connectivity index (χ2v) is 9.15. The van der Waals surface area contributed by atoms with E-state index in [4.69, 9.17) is 25.5 Å². The Morgan fingerprint density at radius 3 is 2.49 bits per heavy atom. The molecule has 0 aliphatic heterocycles. The third kappa shape index (κ3) is 8.35. The fourth-order valence-corrected chi connectivity index (χ4v) is 4.14. The van der Waals surface area contributed by atoms with E-state index in [1.165, 1.54) is 6.07 Å². The number of nitrogens with zero attached hydrogens (tertiary/aromatic N) is 2. The van der Waals surface area contributed by atoms with Gasteiger partial charge in [-0.15, -0.1) is 0 Å². The van der Waals surface area contributed by atoms with Gasteiger partial charge >= 0.3 is 12.1 Å². The van der Waals surface area contributed by atoms with E-state index in [0.29, 0.717) is 35.3 Å². The summed E-state index contributed by atoms with van der Waals surface area (Å²) in [4.78, 5) is 29.9. The number of ether oxygens (including phenoxy) is 2. The van der Waals surface area contributed by atoms with Crippen LogP contribution in [0.4, 0.5) is 4.79 Å². The molecule has 0 radical (unpaired) electrons. The molecule has 8 nitrogen and oxygen atoms in total. The zero-order valence-corrected chi connectivity index (χ0v) is 21.8. The van der Waals surface area contributed by atoms with Crippen molar-refractivity contribution in [3.63, 3.8) is 0 Å². The third-order valence-corrected chi connectivity index (χ3v) is 5.82. The molecule has 0 saturated carbocycles. The number of hydrogen-bond acceptors (Lipinski definition) is 6. The molecule has 4 rings (SSSR count). The molecule has 0 bridgehead atoms. The highest BCUT2D eigenvalue weighted by atomic mass is 35.5. The van der Waals surface area contributed by atoms with E-state index < -0.39 is 18.6 Å². The molecule has 1 aromatic heterocycles. The first-order valence-electron chi connectivity index (χ1n) is 12.0. The number of carboxylic acid groups (broad SMARTS) is 1. The summed E-state index contributed by atoms with van der Waals surface area (Å²) in [7, 11) is 0. The monoisotopic (exact) mass is 550 g/mol. The molecule has 0 spiro atoms. The van der Waals surface area contributed by atoms with Crippen molar-refractivity contribution in [3.8, 4) is 23.0 Å². The van der Waals surface area contributed by atoms with Gasteiger partial charge in [0.1, 0.15) is 23.8 Å². The van der Waals surface area contributed by atoms with E-state index in [9.17, 15) is 14.7 Å². The van der Waals surface area contributed by atoms with Crippen LogP contribution in [-0.2, 0) is 17.8 Å². The summed E-state index contributed by atoms with van der Waals surface area (Å²) in [6.45, 7) is 3.54. The van der Waals surface area contributed by atoms with Crippen molar-refractivity contribution >= 4 is 23.7 Å². The number of amides is 1. The topological polar surface area (TPSA) is 102 Å². The maximum atomic E-state index is 12.8. The highest BCUT2D eigenvalue weighted by molar-refractivity contribution is 6.30. The molecule has 9 heteroatoms. The summed E-state index contributed by atoms with van der Waals surface area (Å²) in [5.74, 6) is 0.971. The summed E-state index contributed by atoms with van der Waals surface area (Å²) in [5, 5.41) is 9.75. The van der Waals surface area contributed by atoms with Gasteiger partial charge in [0, 0.05) is 23.6 Å². The number of carbonyl (C=O) groups excluding carboxylic acids is 1. The van der Waals surface area contributed by atoms with Gasteiger partial charge in [-0.1, -0.05) is 49.4 Å². The van der Waals surface area contributed by atoms with Crippen LogP contribution in [0.5, 0.6) is 11.5 Å². The van der Waals surface area contributed by atoms with Gasteiger partial charge in [-0.25, -0.2) is 9.78 Å². The van der Waals surface area contributed by atoms with E-state index >= 15 is 0 Å². The van der Waals surface area contributed by atoms with Crippen molar-refractivity contribution in [1.29, 1.82) is 0 Å². The Balaban J connectivity index is 0.00000420. The minimum absolute atomic E-state index is 0. The maximum absolute atomic E-state index is 12.8. The Labute approximate surface area is 232 Å². The first kappa shape index (κ1) is 29.3. The summed E-state index contributed by atoms with van der Waals surface area (Å²) in [6.07, 6.45) is -0.251. The van der Waals surface area contributed by atoms with Crippen LogP contribution in [0.3, 0.4) is 0 Å². The van der Waals surface area contributed by atoms with Crippen LogP contribution in [-0.4, -0.2) is 40.2 Å². The van der Waals surface area contributed by atoms with Crippen LogP contribution in [0.25, 0.3) is 11.5 Å². The molecule has 204 valence electrons. The molecule has 39 heavy (non-hydrogen) atoms. The van der Waals surface area contributed by atoms with Crippen LogP contribution >= 0.6 is 11.6 Å². The first-order chi connectivity index (χ1) is 18.3. The van der Waals surface area contributed by atoms with E-state index in [2.05, 4.69) is 4.98 Å². The number of aromatic nitrogens is 1. The summed E-state index contributed by atoms with van der Waals surface area (Å²) in [5.41, 5.74) is 3.22. The molecule has 4 aromatic rings. The van der Waals surface area contributed by atoms with E-state index in [1.807, 2.05) is 44.2 Å². The standard InChI is InChI=1S/C29H27ClN2O6.CH4/c1-19-13-23(30)16-25(14-19)38-29(35)32(18-27(33)34)17-21-7-6-10-24(15-21)36-12-11-26-20(2)37-28(31-26)22-8-4-3-5-9-22;/h3-10,13-16H,11-12,17-18H2,1-2H3,(H,33,34);1H4. The minimum Gasteiger partial charge on any atom is -0.493 e. The number of benzene rings is 3. The average Bonchev–Trinajstić information content (AvgIpc) is 3.24. The summed E-state index contributed by atoms with van der Waals surface area (Å²) < 4.78 is 17.1. The Morgan fingerprint density at radius 1 is 1.00 bits per heavy atom. The van der Waals surface area contributed by atoms with Gasteiger partial charge in [0.05, 0.1) is 12.3 Å². The van der Waals surface area contributed by atoms with Gasteiger partial charge in [-0.3, -0.25) is 9.69 Å². The minimum atomic E-state index is -1.16. The van der Waals surface area contributed by atoms with Crippen molar-refractivity contribution in [2.24, 2.45) is 0 Å². The zero-order valence-electron chi connectivity index (χ0n) is 21.0. The largest absolute Gasteiger partial charge is 0.493 e. The number of rotatable bonds is 10. The lowest BCUT2D eigenvalue weighted by molar-refractivity contribution is -0.138. The second kappa shape index (κ2) is 13.5. The lowest BCUT2D eigenvalue weighted by atomic mass is 10.2. The predicted octanol–water partition coefficient (Wildman–Crippen LogP) is 6.96. The smallest absolute Gasteiger partial charge is 0.416 e. The highest BCUT2D eigenvalue weighted by Crippen LogP contribution is 2.23. The maximum Gasteiger partial charge on any atom is 0.416 e. The zero-order chi connectivity index (χ0) is 27.1. The Hall–Kier alpha value is -4.30. The number of halogens is 1. The van der Waals surface area contributed by atoms with Crippen LogP contribution in [0.1, 0.15) is 30.0 Å². The number of aliphatic carboxylic acids is 1. The molecular weight excluding hydrogens is 520 g/mol. The van der Waals surface area contributed by atoms with Gasteiger partial charge in [0.15, 0.2) is 0 Å². The average molecular weight is 551 g/mol. The lowest BCUT2D eigenvalue weighted by Crippen LogP contribution is -2.37. The van der Waals surface area contributed by atoms with E-state index in [-0.39, 0.29) is 19.7 Å². The fraction of sp³-hybridized carbons (Fsp3) is 0.233. The van der Waals surface area contributed by atoms with Crippen LogP contribution in [0.2, 0.25) is 5.02 Å².